The smallest absolute Gasteiger partial charge is 0.425 e. The van der Waals surface area contributed by atoms with Gasteiger partial charge >= 0.3 is 12.2 Å². The summed E-state index contributed by atoms with van der Waals surface area (Å²) >= 11 is 2.12. The van der Waals surface area contributed by atoms with Gasteiger partial charge in [0.2, 0.25) is 0 Å². The molecule has 1 aromatic carbocycles. The molecular formula is C19H24IN3O4. The predicted octanol–water partition coefficient (Wildman–Crippen LogP) is 5.10. The van der Waals surface area contributed by atoms with Crippen LogP contribution in [0.1, 0.15) is 41.5 Å². The van der Waals surface area contributed by atoms with Gasteiger partial charge in [0, 0.05) is 26.2 Å². The number of nitrogen functional groups attached to an aromatic ring is 1. The van der Waals surface area contributed by atoms with Crippen molar-refractivity contribution in [3.63, 3.8) is 0 Å². The quantitative estimate of drug-likeness (QED) is 0.446. The minimum Gasteiger partial charge on any atom is -0.443 e. The van der Waals surface area contributed by atoms with Crippen molar-refractivity contribution in [1.82, 2.24) is 4.98 Å². The van der Waals surface area contributed by atoms with Crippen molar-refractivity contribution in [3.05, 3.63) is 28.0 Å². The fourth-order valence-electron chi connectivity index (χ4n) is 2.26. The van der Waals surface area contributed by atoms with Crippen LogP contribution in [0.5, 0.6) is 0 Å². The fraction of sp³-hybridized carbons (Fsp3) is 0.421. The highest BCUT2D eigenvalue weighted by molar-refractivity contribution is 14.1. The van der Waals surface area contributed by atoms with Gasteiger partial charge in [0.05, 0.1) is 0 Å². The average molecular weight is 485 g/mol. The minimum absolute atomic E-state index is 0.133. The summed E-state index contributed by atoms with van der Waals surface area (Å²) in [5.74, 6) is 0.133. The van der Waals surface area contributed by atoms with E-state index in [-0.39, 0.29) is 5.82 Å². The highest BCUT2D eigenvalue weighted by Gasteiger charge is 2.34. The van der Waals surface area contributed by atoms with Gasteiger partial charge in [-0.25, -0.2) is 14.6 Å². The third-order valence-electron chi connectivity index (χ3n) is 3.25. The van der Waals surface area contributed by atoms with Gasteiger partial charge in [-0.2, -0.15) is 4.90 Å². The molecule has 2 rings (SSSR count). The van der Waals surface area contributed by atoms with E-state index in [1.807, 2.05) is 0 Å². The second-order valence-electron chi connectivity index (χ2n) is 7.99. The van der Waals surface area contributed by atoms with Crippen LogP contribution in [0.15, 0.2) is 24.4 Å². The molecular weight excluding hydrogens is 461 g/mol. The number of nitrogens with two attached hydrogens (primary N) is 1. The normalized spacial score (nSPS) is 12.0. The highest BCUT2D eigenvalue weighted by Crippen LogP contribution is 2.32. The number of rotatable bonds is 1. The molecule has 146 valence electrons. The zero-order valence-corrected chi connectivity index (χ0v) is 18.4. The number of benzene rings is 1. The molecule has 2 amide bonds. The number of ether oxygens (including phenoxy) is 2. The lowest BCUT2D eigenvalue weighted by atomic mass is 10.1. The molecule has 0 atom stereocenters. The molecule has 2 N–H and O–H groups in total. The van der Waals surface area contributed by atoms with E-state index >= 15 is 0 Å². The highest BCUT2D eigenvalue weighted by atomic mass is 127. The van der Waals surface area contributed by atoms with Gasteiger partial charge in [0.25, 0.3) is 0 Å². The summed E-state index contributed by atoms with van der Waals surface area (Å²) < 4.78 is 11.6. The Morgan fingerprint density at radius 1 is 0.963 bits per heavy atom. The van der Waals surface area contributed by atoms with Gasteiger partial charge in [-0.3, -0.25) is 0 Å². The van der Waals surface area contributed by atoms with E-state index in [4.69, 9.17) is 15.2 Å². The zero-order chi connectivity index (χ0) is 20.6. The van der Waals surface area contributed by atoms with Gasteiger partial charge < -0.3 is 15.2 Å². The first kappa shape index (κ1) is 21.2. The first-order valence-corrected chi connectivity index (χ1v) is 9.47. The summed E-state index contributed by atoms with van der Waals surface area (Å²) in [6.07, 6.45) is -0.201. The molecule has 2 aromatic rings. The number of halogens is 1. The summed E-state index contributed by atoms with van der Waals surface area (Å²) in [7, 11) is 0. The second kappa shape index (κ2) is 7.49. The van der Waals surface area contributed by atoms with E-state index in [9.17, 15) is 9.59 Å². The van der Waals surface area contributed by atoms with Crippen molar-refractivity contribution in [3.8, 4) is 0 Å². The molecule has 0 fully saturated rings. The van der Waals surface area contributed by atoms with Crippen molar-refractivity contribution in [2.45, 2.75) is 52.7 Å². The molecule has 0 radical (unpaired) electrons. The maximum absolute atomic E-state index is 12.8. The Morgan fingerprint density at radius 2 is 1.48 bits per heavy atom. The van der Waals surface area contributed by atoms with Gasteiger partial charge in [0.1, 0.15) is 11.2 Å². The van der Waals surface area contributed by atoms with Crippen LogP contribution in [0.4, 0.5) is 21.1 Å². The van der Waals surface area contributed by atoms with Gasteiger partial charge in [-0.05, 0) is 82.3 Å². The fourth-order valence-corrected chi connectivity index (χ4v) is 2.91. The Hall–Kier alpha value is -2.10. The predicted molar refractivity (Wildman–Crippen MR) is 114 cm³/mol. The molecule has 8 heteroatoms. The van der Waals surface area contributed by atoms with Crippen LogP contribution in [0, 0.1) is 3.57 Å². The van der Waals surface area contributed by atoms with Crippen molar-refractivity contribution in [2.24, 2.45) is 0 Å². The summed E-state index contributed by atoms with van der Waals surface area (Å²) in [5, 5.41) is 1.37. The van der Waals surface area contributed by atoms with Crippen LogP contribution < -0.4 is 10.6 Å². The molecule has 1 heterocycles. The first-order valence-electron chi connectivity index (χ1n) is 8.39. The van der Waals surface area contributed by atoms with Crippen LogP contribution in [0.25, 0.3) is 10.8 Å². The Labute approximate surface area is 172 Å². The summed E-state index contributed by atoms with van der Waals surface area (Å²) in [6, 6.07) is 5.20. The Kier molecular flexibility index (Phi) is 5.88. The largest absolute Gasteiger partial charge is 0.443 e. The standard InChI is InChI=1S/C19H24IN3O4/c1-18(2,3)26-16(24)23(17(25)27-19(4,5)6)15-12-7-8-13(21)14(20)11(12)9-10-22-15/h7-10H,21H2,1-6H3. The van der Waals surface area contributed by atoms with Crippen LogP contribution >= 0.6 is 22.6 Å². The molecule has 27 heavy (non-hydrogen) atoms. The number of hydrogen-bond donors (Lipinski definition) is 1. The topological polar surface area (TPSA) is 94.8 Å². The Morgan fingerprint density at radius 3 is 1.96 bits per heavy atom. The summed E-state index contributed by atoms with van der Waals surface area (Å²) in [6.45, 7) is 10.3. The number of anilines is 2. The number of hydrogen-bond acceptors (Lipinski definition) is 6. The van der Waals surface area contributed by atoms with Crippen molar-refractivity contribution in [2.75, 3.05) is 10.6 Å². The Bertz CT molecular complexity index is 857. The monoisotopic (exact) mass is 485 g/mol. The van der Waals surface area contributed by atoms with Crippen LogP contribution in [-0.2, 0) is 9.47 Å². The van der Waals surface area contributed by atoms with E-state index in [1.165, 1.54) is 6.20 Å². The van der Waals surface area contributed by atoms with Crippen LogP contribution in [-0.4, -0.2) is 28.4 Å². The SMILES string of the molecule is CC(C)(C)OC(=O)N(C(=O)OC(C)(C)C)c1nccc2c(I)c(N)ccc12. The number of aromatic nitrogens is 1. The molecule has 0 spiro atoms. The molecule has 7 nitrogen and oxygen atoms in total. The zero-order valence-electron chi connectivity index (χ0n) is 16.3. The molecule has 0 bridgehead atoms. The molecule has 0 aliphatic carbocycles. The lowest BCUT2D eigenvalue weighted by Crippen LogP contribution is -2.44. The van der Waals surface area contributed by atoms with Gasteiger partial charge in [0.15, 0.2) is 5.82 Å². The van der Waals surface area contributed by atoms with Gasteiger partial charge in [-0.1, -0.05) is 0 Å². The number of carbonyl (C=O) groups is 2. The molecule has 0 saturated heterocycles. The van der Waals surface area contributed by atoms with Crippen LogP contribution in [0.3, 0.4) is 0 Å². The van der Waals surface area contributed by atoms with E-state index in [2.05, 4.69) is 27.6 Å². The number of fused-ring (bicyclic) bond motifs is 1. The molecule has 1 aromatic heterocycles. The first-order chi connectivity index (χ1) is 12.3. The average Bonchev–Trinajstić information content (AvgIpc) is 2.48. The molecule has 0 unspecified atom stereocenters. The third kappa shape index (κ3) is 5.21. The van der Waals surface area contributed by atoms with Crippen molar-refractivity contribution < 1.29 is 19.1 Å². The lowest BCUT2D eigenvalue weighted by molar-refractivity contribution is 0.0429. The maximum Gasteiger partial charge on any atom is 0.425 e. The number of amides is 2. The maximum atomic E-state index is 12.8. The van der Waals surface area contributed by atoms with E-state index in [0.717, 1.165) is 13.9 Å². The van der Waals surface area contributed by atoms with Crippen molar-refractivity contribution in [1.29, 1.82) is 0 Å². The number of imide groups is 1. The second-order valence-corrected chi connectivity index (χ2v) is 9.07. The van der Waals surface area contributed by atoms with Crippen LogP contribution in [0.2, 0.25) is 0 Å². The third-order valence-corrected chi connectivity index (χ3v) is 4.46. The molecule has 0 saturated carbocycles. The number of nitrogens with zero attached hydrogens (tertiary/aromatic N) is 2. The van der Waals surface area contributed by atoms with Crippen molar-refractivity contribution >= 4 is 57.1 Å². The molecule has 0 aliphatic heterocycles. The van der Waals surface area contributed by atoms with E-state index in [1.54, 1.807) is 59.7 Å². The summed E-state index contributed by atoms with van der Waals surface area (Å²) in [4.78, 5) is 30.7. The number of carbonyl (C=O) groups excluding carboxylic acids is 2. The van der Waals surface area contributed by atoms with E-state index < -0.39 is 23.4 Å². The Balaban J connectivity index is 2.63. The minimum atomic E-state index is -0.858. The summed E-state index contributed by atoms with van der Waals surface area (Å²) in [5.41, 5.74) is 4.99. The number of pyridine rings is 1. The van der Waals surface area contributed by atoms with E-state index in [0.29, 0.717) is 11.1 Å². The molecule has 0 aliphatic rings. The van der Waals surface area contributed by atoms with Gasteiger partial charge in [-0.15, -0.1) is 0 Å². The lowest BCUT2D eigenvalue weighted by Gasteiger charge is -2.28.